The molecular formula is C18H19N3O6. The summed E-state index contributed by atoms with van der Waals surface area (Å²) >= 11 is 0. The fourth-order valence-electron chi connectivity index (χ4n) is 2.00. The van der Waals surface area contributed by atoms with Crippen molar-refractivity contribution in [3.63, 3.8) is 0 Å². The minimum absolute atomic E-state index is 0.148. The van der Waals surface area contributed by atoms with E-state index in [0.29, 0.717) is 5.75 Å². The summed E-state index contributed by atoms with van der Waals surface area (Å²) in [6.07, 6.45) is 0. The Hall–Kier alpha value is -3.62. The van der Waals surface area contributed by atoms with Crippen molar-refractivity contribution in [3.05, 3.63) is 63.7 Å². The van der Waals surface area contributed by atoms with Gasteiger partial charge in [0, 0.05) is 6.07 Å². The monoisotopic (exact) mass is 373 g/mol. The number of hydrogen-bond acceptors (Lipinski definition) is 6. The summed E-state index contributed by atoms with van der Waals surface area (Å²) in [6, 6.07) is 10.9. The van der Waals surface area contributed by atoms with Crippen LogP contribution in [0.1, 0.15) is 11.1 Å². The van der Waals surface area contributed by atoms with E-state index < -0.39 is 23.3 Å². The van der Waals surface area contributed by atoms with Crippen molar-refractivity contribution in [1.82, 2.24) is 10.9 Å². The number of nitro benzene ring substituents is 1. The van der Waals surface area contributed by atoms with E-state index in [1.165, 1.54) is 24.3 Å². The SMILES string of the molecule is Cc1ccc(OCC(=O)NNC(=O)COc2cccc([N+](=O)[O-])c2)cc1C. The maximum Gasteiger partial charge on any atom is 0.276 e. The van der Waals surface area contributed by atoms with Crippen LogP contribution in [0.15, 0.2) is 42.5 Å². The van der Waals surface area contributed by atoms with Crippen molar-refractivity contribution in [1.29, 1.82) is 0 Å². The zero-order valence-electron chi connectivity index (χ0n) is 14.9. The van der Waals surface area contributed by atoms with Crippen LogP contribution in [0.2, 0.25) is 0 Å². The molecule has 2 amide bonds. The molecule has 2 rings (SSSR count). The number of benzene rings is 2. The molecule has 0 aliphatic carbocycles. The van der Waals surface area contributed by atoms with Gasteiger partial charge in [0.2, 0.25) is 0 Å². The number of amides is 2. The smallest absolute Gasteiger partial charge is 0.276 e. The Kier molecular flexibility index (Phi) is 6.70. The summed E-state index contributed by atoms with van der Waals surface area (Å²) in [7, 11) is 0. The van der Waals surface area contributed by atoms with Gasteiger partial charge in [-0.1, -0.05) is 12.1 Å². The van der Waals surface area contributed by atoms with Crippen LogP contribution in [0, 0.1) is 24.0 Å². The molecule has 9 heteroatoms. The second-order valence-corrected chi connectivity index (χ2v) is 5.67. The first-order chi connectivity index (χ1) is 12.8. The fraction of sp³-hybridized carbons (Fsp3) is 0.222. The van der Waals surface area contributed by atoms with Crippen LogP contribution in [0.5, 0.6) is 11.5 Å². The molecule has 0 aliphatic heterocycles. The molecule has 0 unspecified atom stereocenters. The van der Waals surface area contributed by atoms with Gasteiger partial charge in [-0.25, -0.2) is 0 Å². The highest BCUT2D eigenvalue weighted by molar-refractivity contribution is 5.83. The summed E-state index contributed by atoms with van der Waals surface area (Å²) < 4.78 is 10.5. The minimum Gasteiger partial charge on any atom is -0.484 e. The number of nitrogens with zero attached hydrogens (tertiary/aromatic N) is 1. The van der Waals surface area contributed by atoms with E-state index in [4.69, 9.17) is 9.47 Å². The second-order valence-electron chi connectivity index (χ2n) is 5.67. The van der Waals surface area contributed by atoms with Crippen LogP contribution in [0.4, 0.5) is 5.69 Å². The lowest BCUT2D eigenvalue weighted by Crippen LogP contribution is -2.45. The predicted octanol–water partition coefficient (Wildman–Crippen LogP) is 1.82. The van der Waals surface area contributed by atoms with Crippen molar-refractivity contribution < 1.29 is 24.0 Å². The Morgan fingerprint density at radius 2 is 1.52 bits per heavy atom. The third-order valence-electron chi connectivity index (χ3n) is 3.59. The maximum absolute atomic E-state index is 11.7. The number of nitrogens with one attached hydrogen (secondary N) is 2. The Labute approximate surface area is 155 Å². The average Bonchev–Trinajstić information content (AvgIpc) is 2.65. The molecule has 0 fully saturated rings. The fourth-order valence-corrected chi connectivity index (χ4v) is 2.00. The first kappa shape index (κ1) is 19.7. The Morgan fingerprint density at radius 1 is 0.926 bits per heavy atom. The zero-order valence-corrected chi connectivity index (χ0v) is 14.9. The molecule has 0 saturated heterocycles. The van der Waals surface area contributed by atoms with Crippen molar-refractivity contribution in [2.24, 2.45) is 0 Å². The van der Waals surface area contributed by atoms with Gasteiger partial charge in [0.25, 0.3) is 17.5 Å². The van der Waals surface area contributed by atoms with Crippen LogP contribution in [-0.2, 0) is 9.59 Å². The molecule has 9 nitrogen and oxygen atoms in total. The number of non-ortho nitro benzene ring substituents is 1. The number of nitro groups is 1. The van der Waals surface area contributed by atoms with Crippen LogP contribution in [0.25, 0.3) is 0 Å². The summed E-state index contributed by atoms with van der Waals surface area (Å²) in [4.78, 5) is 33.5. The van der Waals surface area contributed by atoms with E-state index in [9.17, 15) is 19.7 Å². The van der Waals surface area contributed by atoms with Gasteiger partial charge in [0.15, 0.2) is 13.2 Å². The van der Waals surface area contributed by atoms with Crippen LogP contribution in [-0.4, -0.2) is 30.0 Å². The van der Waals surface area contributed by atoms with Crippen molar-refractivity contribution in [2.45, 2.75) is 13.8 Å². The Morgan fingerprint density at radius 3 is 2.07 bits per heavy atom. The van der Waals surface area contributed by atoms with Gasteiger partial charge >= 0.3 is 0 Å². The molecule has 0 aliphatic rings. The van der Waals surface area contributed by atoms with Gasteiger partial charge in [-0.05, 0) is 43.2 Å². The first-order valence-electron chi connectivity index (χ1n) is 8.00. The zero-order chi connectivity index (χ0) is 19.8. The van der Waals surface area contributed by atoms with Gasteiger partial charge in [-0.15, -0.1) is 0 Å². The molecule has 2 aromatic rings. The normalized spacial score (nSPS) is 10.0. The van der Waals surface area contributed by atoms with Gasteiger partial charge < -0.3 is 9.47 Å². The molecule has 2 N–H and O–H groups in total. The highest BCUT2D eigenvalue weighted by atomic mass is 16.6. The van der Waals surface area contributed by atoms with Crippen LogP contribution < -0.4 is 20.3 Å². The molecule has 0 bridgehead atoms. The van der Waals surface area contributed by atoms with Gasteiger partial charge in [-0.3, -0.25) is 30.6 Å². The molecule has 142 valence electrons. The van der Waals surface area contributed by atoms with Crippen LogP contribution >= 0.6 is 0 Å². The number of rotatable bonds is 7. The molecule has 0 atom stereocenters. The van der Waals surface area contributed by atoms with E-state index >= 15 is 0 Å². The van der Waals surface area contributed by atoms with E-state index in [1.807, 2.05) is 26.0 Å². The molecule has 0 spiro atoms. The topological polar surface area (TPSA) is 120 Å². The first-order valence-corrected chi connectivity index (χ1v) is 8.00. The van der Waals surface area contributed by atoms with E-state index in [1.54, 1.807) is 6.07 Å². The lowest BCUT2D eigenvalue weighted by molar-refractivity contribution is -0.384. The number of carbonyl (C=O) groups is 2. The number of ether oxygens (including phenoxy) is 2. The summed E-state index contributed by atoms with van der Waals surface area (Å²) in [6.45, 7) is 3.22. The van der Waals surface area contributed by atoms with Gasteiger partial charge in [0.05, 0.1) is 11.0 Å². The summed E-state index contributed by atoms with van der Waals surface area (Å²) in [5, 5.41) is 10.7. The van der Waals surface area contributed by atoms with Crippen molar-refractivity contribution in [2.75, 3.05) is 13.2 Å². The van der Waals surface area contributed by atoms with E-state index in [0.717, 1.165) is 11.1 Å². The number of carbonyl (C=O) groups excluding carboxylic acids is 2. The quantitative estimate of drug-likeness (QED) is 0.564. The van der Waals surface area contributed by atoms with Crippen molar-refractivity contribution >= 4 is 17.5 Å². The average molecular weight is 373 g/mol. The lowest BCUT2D eigenvalue weighted by atomic mass is 10.1. The highest BCUT2D eigenvalue weighted by Gasteiger charge is 2.09. The van der Waals surface area contributed by atoms with Gasteiger partial charge in [0.1, 0.15) is 11.5 Å². The third-order valence-corrected chi connectivity index (χ3v) is 3.59. The molecule has 27 heavy (non-hydrogen) atoms. The summed E-state index contributed by atoms with van der Waals surface area (Å²) in [5.74, 6) is -0.449. The molecule has 0 saturated carbocycles. The highest BCUT2D eigenvalue weighted by Crippen LogP contribution is 2.19. The second kappa shape index (κ2) is 9.18. The molecule has 0 heterocycles. The molecule has 0 aromatic heterocycles. The van der Waals surface area contributed by atoms with Crippen LogP contribution in [0.3, 0.4) is 0 Å². The Balaban J connectivity index is 1.71. The summed E-state index contributed by atoms with van der Waals surface area (Å²) in [5.41, 5.74) is 6.37. The number of hydrazine groups is 1. The minimum atomic E-state index is -0.624. The predicted molar refractivity (Wildman–Crippen MR) is 96.3 cm³/mol. The van der Waals surface area contributed by atoms with Gasteiger partial charge in [-0.2, -0.15) is 0 Å². The van der Waals surface area contributed by atoms with Crippen molar-refractivity contribution in [3.8, 4) is 11.5 Å². The number of hydrogen-bond donors (Lipinski definition) is 2. The molecule has 0 radical (unpaired) electrons. The maximum atomic E-state index is 11.7. The van der Waals surface area contributed by atoms with E-state index in [2.05, 4.69) is 10.9 Å². The molecule has 2 aromatic carbocycles. The third kappa shape index (κ3) is 6.31. The standard InChI is InChI=1S/C18H19N3O6/c1-12-6-7-16(8-13(12)2)27-11-18(23)20-19-17(22)10-26-15-5-3-4-14(9-15)21(24)25/h3-9H,10-11H2,1-2H3,(H,19,22)(H,20,23). The molecular weight excluding hydrogens is 354 g/mol. The van der Waals surface area contributed by atoms with E-state index in [-0.39, 0.29) is 18.0 Å². The number of aryl methyl sites for hydroxylation is 2. The lowest BCUT2D eigenvalue weighted by Gasteiger charge is -2.10. The largest absolute Gasteiger partial charge is 0.484 e. The Bertz CT molecular complexity index is 853.